The Morgan fingerprint density at radius 2 is 1.62 bits per heavy atom. The predicted molar refractivity (Wildman–Crippen MR) is 131 cm³/mol. The van der Waals surface area contributed by atoms with E-state index >= 15 is 0 Å². The van der Waals surface area contributed by atoms with Crippen LogP contribution in [-0.4, -0.2) is 61.2 Å². The summed E-state index contributed by atoms with van der Waals surface area (Å²) in [6, 6.07) is 14.7. The minimum Gasteiger partial charge on any atom is -0.475 e. The van der Waals surface area contributed by atoms with E-state index in [0.29, 0.717) is 17.3 Å². The third-order valence-electron chi connectivity index (χ3n) is 5.28. The molecule has 1 aliphatic rings. The maximum atomic E-state index is 12.0. The van der Waals surface area contributed by atoms with Gasteiger partial charge in [0.05, 0.1) is 4.90 Å². The molecule has 0 saturated heterocycles. The zero-order valence-corrected chi connectivity index (χ0v) is 20.7. The highest BCUT2D eigenvalue weighted by Crippen LogP contribution is 2.25. The van der Waals surface area contributed by atoms with Crippen molar-refractivity contribution < 1.29 is 31.5 Å². The summed E-state index contributed by atoms with van der Waals surface area (Å²) in [4.78, 5) is 19.9. The van der Waals surface area contributed by atoms with Gasteiger partial charge in [0, 0.05) is 30.5 Å². The number of carboxylic acid groups (broad SMARTS) is 1. The number of rotatable bonds is 6. The first-order valence-electron chi connectivity index (χ1n) is 10.9. The Labute approximate surface area is 211 Å². The molecule has 0 radical (unpaired) electrons. The van der Waals surface area contributed by atoms with E-state index in [-0.39, 0.29) is 4.90 Å². The van der Waals surface area contributed by atoms with Crippen LogP contribution < -0.4 is 15.4 Å². The minimum atomic E-state index is -5.08. The predicted octanol–water partition coefficient (Wildman–Crippen LogP) is 3.49. The van der Waals surface area contributed by atoms with Crippen molar-refractivity contribution in [3.05, 3.63) is 66.0 Å². The normalized spacial score (nSPS) is 13.6. The second kappa shape index (κ2) is 11.5. The van der Waals surface area contributed by atoms with Gasteiger partial charge in [0.1, 0.15) is 18.0 Å². The van der Waals surface area contributed by atoms with Crippen LogP contribution >= 0.6 is 0 Å². The fraction of sp³-hybridized carbons (Fsp3) is 0.261. The van der Waals surface area contributed by atoms with Crippen molar-refractivity contribution in [1.29, 1.82) is 0 Å². The molecule has 37 heavy (non-hydrogen) atoms. The lowest BCUT2D eigenvalue weighted by Gasteiger charge is -2.25. The Kier molecular flexibility index (Phi) is 8.68. The van der Waals surface area contributed by atoms with Gasteiger partial charge >= 0.3 is 12.1 Å². The summed E-state index contributed by atoms with van der Waals surface area (Å²) < 4.78 is 58.1. The molecule has 10 nitrogen and oxygen atoms in total. The third kappa shape index (κ3) is 7.87. The molecule has 0 spiro atoms. The molecule has 0 atom stereocenters. The molecule has 1 aliphatic heterocycles. The van der Waals surface area contributed by atoms with Crippen molar-refractivity contribution in [1.82, 2.24) is 19.6 Å². The molecule has 4 rings (SSSR count). The van der Waals surface area contributed by atoms with Crippen LogP contribution in [0, 0.1) is 0 Å². The molecule has 0 aliphatic carbocycles. The quantitative estimate of drug-likeness (QED) is 0.372. The number of alkyl halides is 3. The Hall–Kier alpha value is -3.75. The van der Waals surface area contributed by atoms with Gasteiger partial charge in [0.25, 0.3) is 0 Å². The fourth-order valence-corrected chi connectivity index (χ4v) is 4.20. The maximum absolute atomic E-state index is 12.0. The number of nitrogens with one attached hydrogen (secondary N) is 3. The average Bonchev–Trinajstić information content (AvgIpc) is 2.84. The summed E-state index contributed by atoms with van der Waals surface area (Å²) in [5.41, 5.74) is 4.30. The number of aliphatic carboxylic acids is 1. The first-order valence-corrected chi connectivity index (χ1v) is 12.4. The van der Waals surface area contributed by atoms with Crippen LogP contribution in [0.1, 0.15) is 11.1 Å². The molecule has 3 aromatic rings. The van der Waals surface area contributed by atoms with Crippen LogP contribution in [0.4, 0.5) is 36.2 Å². The molecule has 1 aromatic heterocycles. The number of nitrogens with zero attached hydrogens (tertiary/aromatic N) is 3. The molecule has 198 valence electrons. The summed E-state index contributed by atoms with van der Waals surface area (Å²) in [6.07, 6.45) is -2.55. The number of benzene rings is 2. The van der Waals surface area contributed by atoms with Crippen LogP contribution in [-0.2, 0) is 27.8 Å². The summed E-state index contributed by atoms with van der Waals surface area (Å²) in [5, 5.41) is 13.6. The Bertz CT molecular complexity index is 1370. The zero-order valence-electron chi connectivity index (χ0n) is 19.9. The van der Waals surface area contributed by atoms with E-state index in [2.05, 4.69) is 55.5 Å². The lowest BCUT2D eigenvalue weighted by Crippen LogP contribution is -2.26. The second-order valence-corrected chi connectivity index (χ2v) is 9.93. The number of anilines is 4. The number of hydrogen-bond donors (Lipinski definition) is 4. The van der Waals surface area contributed by atoms with Crippen molar-refractivity contribution in [2.24, 2.45) is 0 Å². The van der Waals surface area contributed by atoms with E-state index in [0.717, 1.165) is 25.2 Å². The van der Waals surface area contributed by atoms with Crippen LogP contribution in [0.5, 0.6) is 0 Å². The van der Waals surface area contributed by atoms with Gasteiger partial charge in [-0.05, 0) is 62.0 Å². The SMILES string of the molecule is CNS(=O)(=O)c1cccc(Nc2cc(Nc3ccc4c(c3)CN(C)CC4)ncn2)c1.O=C(O)C(F)(F)F. The van der Waals surface area contributed by atoms with E-state index in [1.807, 2.05) is 0 Å². The number of halogens is 3. The van der Waals surface area contributed by atoms with Gasteiger partial charge in [-0.2, -0.15) is 13.2 Å². The number of carbonyl (C=O) groups is 1. The summed E-state index contributed by atoms with van der Waals surface area (Å²) >= 11 is 0. The highest BCUT2D eigenvalue weighted by molar-refractivity contribution is 7.89. The Balaban J connectivity index is 0.000000479. The lowest BCUT2D eigenvalue weighted by atomic mass is 9.99. The van der Waals surface area contributed by atoms with Gasteiger partial charge in [0.2, 0.25) is 10.0 Å². The summed E-state index contributed by atoms with van der Waals surface area (Å²) in [7, 11) is 0.000652. The van der Waals surface area contributed by atoms with Crippen molar-refractivity contribution in [3.8, 4) is 0 Å². The van der Waals surface area contributed by atoms with Crippen LogP contribution in [0.25, 0.3) is 0 Å². The van der Waals surface area contributed by atoms with E-state index in [1.54, 1.807) is 24.3 Å². The molecule has 2 aromatic carbocycles. The minimum absolute atomic E-state index is 0.182. The highest BCUT2D eigenvalue weighted by atomic mass is 32.2. The molecule has 2 heterocycles. The number of hydrogen-bond acceptors (Lipinski definition) is 8. The topological polar surface area (TPSA) is 137 Å². The van der Waals surface area contributed by atoms with Crippen molar-refractivity contribution in [2.45, 2.75) is 24.0 Å². The molecule has 0 bridgehead atoms. The monoisotopic (exact) mass is 538 g/mol. The number of fused-ring (bicyclic) bond motifs is 1. The zero-order chi connectivity index (χ0) is 27.2. The highest BCUT2D eigenvalue weighted by Gasteiger charge is 2.38. The van der Waals surface area contributed by atoms with Gasteiger partial charge in [-0.15, -0.1) is 0 Å². The lowest BCUT2D eigenvalue weighted by molar-refractivity contribution is -0.192. The van der Waals surface area contributed by atoms with E-state index in [9.17, 15) is 21.6 Å². The largest absolute Gasteiger partial charge is 0.490 e. The first-order chi connectivity index (χ1) is 17.4. The molecule has 14 heteroatoms. The van der Waals surface area contributed by atoms with Crippen LogP contribution in [0.15, 0.2) is 59.8 Å². The molecule has 0 unspecified atom stereocenters. The van der Waals surface area contributed by atoms with Crippen molar-refractivity contribution in [2.75, 3.05) is 31.3 Å². The third-order valence-corrected chi connectivity index (χ3v) is 6.69. The molecule has 0 saturated carbocycles. The van der Waals surface area contributed by atoms with Gasteiger partial charge in [-0.1, -0.05) is 12.1 Å². The van der Waals surface area contributed by atoms with Gasteiger partial charge in [-0.25, -0.2) is 27.9 Å². The van der Waals surface area contributed by atoms with E-state index in [4.69, 9.17) is 9.90 Å². The van der Waals surface area contributed by atoms with Gasteiger partial charge < -0.3 is 20.6 Å². The number of carboxylic acids is 1. The summed E-state index contributed by atoms with van der Waals surface area (Å²) in [5.74, 6) is -1.55. The molecule has 0 amide bonds. The molecular weight excluding hydrogens is 513 g/mol. The average molecular weight is 539 g/mol. The fourth-order valence-electron chi connectivity index (χ4n) is 3.42. The standard InChI is InChI=1S/C21H24N6O2S.C2HF3O2/c1-22-30(28,29)19-5-3-4-17(11-19)25-20-12-21(24-14-23-20)26-18-7-6-15-8-9-27(2)13-16(15)10-18;3-2(4,5)1(6)7/h3-7,10-12,14,22H,8-9,13H2,1-2H3,(H2,23,24,25,26);(H,6,7). The van der Waals surface area contributed by atoms with Crippen molar-refractivity contribution in [3.63, 3.8) is 0 Å². The molecular formula is C23H25F3N6O4S. The van der Waals surface area contributed by atoms with Crippen LogP contribution in [0.2, 0.25) is 0 Å². The van der Waals surface area contributed by atoms with E-state index < -0.39 is 22.2 Å². The number of sulfonamides is 1. The maximum Gasteiger partial charge on any atom is 0.490 e. The van der Waals surface area contributed by atoms with Crippen LogP contribution in [0.3, 0.4) is 0 Å². The second-order valence-electron chi connectivity index (χ2n) is 8.05. The molecule has 0 fully saturated rings. The van der Waals surface area contributed by atoms with Crippen molar-refractivity contribution >= 4 is 39.0 Å². The van der Waals surface area contributed by atoms with Gasteiger partial charge in [-0.3, -0.25) is 0 Å². The Morgan fingerprint density at radius 1 is 1.00 bits per heavy atom. The van der Waals surface area contributed by atoms with Gasteiger partial charge in [0.15, 0.2) is 0 Å². The Morgan fingerprint density at radius 3 is 2.22 bits per heavy atom. The number of likely N-dealkylation sites (N-methyl/N-ethyl adjacent to an activating group) is 1. The summed E-state index contributed by atoms with van der Waals surface area (Å²) in [6.45, 7) is 2.02. The van der Waals surface area contributed by atoms with E-state index in [1.165, 1.54) is 30.6 Å². The first kappa shape index (κ1) is 27.8. The molecule has 4 N–H and O–H groups in total. The smallest absolute Gasteiger partial charge is 0.475 e. The number of aromatic nitrogens is 2.